The van der Waals surface area contributed by atoms with Gasteiger partial charge in [-0.25, -0.2) is 0 Å². The van der Waals surface area contributed by atoms with Gasteiger partial charge in [-0.3, -0.25) is 4.90 Å². The summed E-state index contributed by atoms with van der Waals surface area (Å²) in [5, 5.41) is 0. The number of likely N-dealkylation sites (tertiary alicyclic amines) is 1. The van der Waals surface area contributed by atoms with Gasteiger partial charge in [-0.15, -0.1) is 11.6 Å². The lowest BCUT2D eigenvalue weighted by atomic mass is 9.52. The zero-order chi connectivity index (χ0) is 19.7. The molecule has 1 heterocycles. The van der Waals surface area contributed by atoms with Gasteiger partial charge in [0.05, 0.1) is 6.61 Å². The van der Waals surface area contributed by atoms with E-state index in [1.807, 2.05) is 0 Å². The number of hydrogen-bond acceptors (Lipinski definition) is 2. The lowest BCUT2D eigenvalue weighted by Gasteiger charge is -2.59. The summed E-state index contributed by atoms with van der Waals surface area (Å²) >= 11 is 5.83. The molecule has 5 rings (SSSR count). The molecular weight excluding hydrogens is 378 g/mol. The Morgan fingerprint density at radius 1 is 1.07 bits per heavy atom. The highest BCUT2D eigenvalue weighted by molar-refractivity contribution is 6.17. The lowest BCUT2D eigenvalue weighted by Crippen LogP contribution is -2.60. The third-order valence-electron chi connectivity index (χ3n) is 7.70. The minimum atomic E-state index is 0.371. The van der Waals surface area contributed by atoms with Crippen molar-refractivity contribution < 1.29 is 4.74 Å². The van der Waals surface area contributed by atoms with Gasteiger partial charge in [0.2, 0.25) is 0 Å². The Morgan fingerprint density at radius 2 is 1.97 bits per heavy atom. The predicted octanol–water partition coefficient (Wildman–Crippen LogP) is 5.95. The first kappa shape index (κ1) is 19.5. The molecule has 0 aromatic heterocycles. The Labute approximate surface area is 180 Å². The van der Waals surface area contributed by atoms with E-state index in [-0.39, 0.29) is 0 Å². The minimum absolute atomic E-state index is 0.371. The number of hydrogen-bond donors (Lipinski definition) is 0. The maximum atomic E-state index is 6.03. The first-order valence-corrected chi connectivity index (χ1v) is 11.9. The van der Waals surface area contributed by atoms with Gasteiger partial charge in [-0.05, 0) is 73.4 Å². The van der Waals surface area contributed by atoms with Crippen molar-refractivity contribution in [2.75, 3.05) is 19.0 Å². The number of nitrogens with zero attached hydrogens (tertiary/aromatic N) is 1. The van der Waals surface area contributed by atoms with Crippen LogP contribution in [0, 0.1) is 5.92 Å². The third-order valence-corrected chi connectivity index (χ3v) is 7.97. The quantitative estimate of drug-likeness (QED) is 0.431. The molecule has 2 bridgehead atoms. The maximum Gasteiger partial charge on any atom is 0.119 e. The number of halogens is 1. The first-order valence-electron chi connectivity index (χ1n) is 11.4. The molecule has 2 aromatic rings. The van der Waals surface area contributed by atoms with E-state index in [1.165, 1.54) is 50.6 Å². The summed E-state index contributed by atoms with van der Waals surface area (Å²) in [4.78, 5) is 2.79. The zero-order valence-electron chi connectivity index (χ0n) is 17.3. The number of ether oxygens (including phenoxy) is 1. The second kappa shape index (κ2) is 8.32. The van der Waals surface area contributed by atoms with Crippen LogP contribution < -0.4 is 4.74 Å². The standard InChI is InChI=1S/C26H32ClNO/c27-14-6-16-29-22-11-10-21-17-25-23-9-4-5-12-26(23,24(21)18-22)13-15-28(25)19-20-7-2-1-3-8-20/h1-3,7-8,10-11,18,23,25H,4-6,9,12-17,19H2/t23-,25+,26+/m0/s1. The second-order valence-electron chi connectivity index (χ2n) is 9.20. The number of rotatable bonds is 6. The fraction of sp³-hybridized carbons (Fsp3) is 0.538. The van der Waals surface area contributed by atoms with Crippen LogP contribution in [0.5, 0.6) is 5.75 Å². The van der Waals surface area contributed by atoms with Crippen molar-refractivity contribution >= 4 is 11.6 Å². The number of piperidine rings is 1. The highest BCUT2D eigenvalue weighted by Gasteiger charge is 2.53. The van der Waals surface area contributed by atoms with E-state index in [0.29, 0.717) is 23.9 Å². The number of fused-ring (bicyclic) bond motifs is 1. The van der Waals surface area contributed by atoms with Crippen LogP contribution in [0.3, 0.4) is 0 Å². The van der Waals surface area contributed by atoms with Crippen molar-refractivity contribution in [1.29, 1.82) is 0 Å². The molecule has 2 nitrogen and oxygen atoms in total. The van der Waals surface area contributed by atoms with E-state index in [2.05, 4.69) is 53.4 Å². The summed E-state index contributed by atoms with van der Waals surface area (Å²) in [7, 11) is 0. The van der Waals surface area contributed by atoms with Gasteiger partial charge in [0.15, 0.2) is 0 Å². The smallest absolute Gasteiger partial charge is 0.119 e. The minimum Gasteiger partial charge on any atom is -0.494 e. The van der Waals surface area contributed by atoms with E-state index < -0.39 is 0 Å². The van der Waals surface area contributed by atoms with Gasteiger partial charge >= 0.3 is 0 Å². The topological polar surface area (TPSA) is 12.5 Å². The summed E-state index contributed by atoms with van der Waals surface area (Å²) in [5.41, 5.74) is 5.00. The summed E-state index contributed by atoms with van der Waals surface area (Å²) in [6.45, 7) is 3.02. The summed E-state index contributed by atoms with van der Waals surface area (Å²) < 4.78 is 6.03. The van der Waals surface area contributed by atoms with Gasteiger partial charge in [0.25, 0.3) is 0 Å². The molecule has 3 heteroatoms. The molecule has 1 saturated heterocycles. The fourth-order valence-electron chi connectivity index (χ4n) is 6.41. The van der Waals surface area contributed by atoms with E-state index in [1.54, 1.807) is 11.1 Å². The van der Waals surface area contributed by atoms with Gasteiger partial charge in [0.1, 0.15) is 5.75 Å². The molecule has 1 saturated carbocycles. The van der Waals surface area contributed by atoms with Crippen molar-refractivity contribution in [3.8, 4) is 5.75 Å². The van der Waals surface area contributed by atoms with Crippen molar-refractivity contribution in [3.63, 3.8) is 0 Å². The monoisotopic (exact) mass is 409 g/mol. The van der Waals surface area contributed by atoms with Crippen molar-refractivity contribution in [3.05, 3.63) is 65.2 Å². The molecule has 2 aliphatic carbocycles. The SMILES string of the molecule is ClCCCOc1ccc2c(c1)[C@@]13CCCC[C@H]1[C@@H](C2)N(Cc1ccccc1)CC3. The van der Waals surface area contributed by atoms with Gasteiger partial charge in [0, 0.05) is 23.9 Å². The predicted molar refractivity (Wildman–Crippen MR) is 120 cm³/mol. The Hall–Kier alpha value is -1.51. The van der Waals surface area contributed by atoms with Crippen molar-refractivity contribution in [1.82, 2.24) is 4.90 Å². The summed E-state index contributed by atoms with van der Waals surface area (Å²) in [5.74, 6) is 2.49. The third kappa shape index (κ3) is 3.59. The molecule has 0 N–H and O–H groups in total. The molecule has 2 fully saturated rings. The van der Waals surface area contributed by atoms with Crippen LogP contribution in [0.1, 0.15) is 55.2 Å². The molecule has 3 atom stereocenters. The molecule has 29 heavy (non-hydrogen) atoms. The van der Waals surface area contributed by atoms with Gasteiger partial charge < -0.3 is 4.74 Å². The van der Waals surface area contributed by atoms with Crippen LogP contribution in [0.15, 0.2) is 48.5 Å². The molecule has 0 radical (unpaired) electrons. The lowest BCUT2D eigenvalue weighted by molar-refractivity contribution is -0.0157. The van der Waals surface area contributed by atoms with Gasteiger partial charge in [-0.1, -0.05) is 49.2 Å². The number of benzene rings is 2. The molecule has 2 aromatic carbocycles. The van der Waals surface area contributed by atoms with Crippen molar-refractivity contribution in [2.24, 2.45) is 5.92 Å². The molecule has 0 spiro atoms. The van der Waals surface area contributed by atoms with E-state index in [0.717, 1.165) is 24.6 Å². The molecule has 3 aliphatic rings. The van der Waals surface area contributed by atoms with Crippen LogP contribution in [-0.4, -0.2) is 30.0 Å². The van der Waals surface area contributed by atoms with Crippen LogP contribution in [0.25, 0.3) is 0 Å². The Bertz CT molecular complexity index is 838. The zero-order valence-corrected chi connectivity index (χ0v) is 18.0. The Morgan fingerprint density at radius 3 is 2.83 bits per heavy atom. The van der Waals surface area contributed by atoms with Crippen molar-refractivity contribution in [2.45, 2.75) is 62.9 Å². The molecular formula is C26H32ClNO. The number of alkyl halides is 1. The van der Waals surface area contributed by atoms with Crippen LogP contribution in [0.4, 0.5) is 0 Å². The largest absolute Gasteiger partial charge is 0.494 e. The second-order valence-corrected chi connectivity index (χ2v) is 9.57. The molecule has 0 unspecified atom stereocenters. The average Bonchev–Trinajstić information content (AvgIpc) is 2.77. The molecule has 1 aliphatic heterocycles. The van der Waals surface area contributed by atoms with Gasteiger partial charge in [-0.2, -0.15) is 0 Å². The van der Waals surface area contributed by atoms with Crippen LogP contribution >= 0.6 is 11.6 Å². The Kier molecular flexibility index (Phi) is 5.58. The van der Waals surface area contributed by atoms with E-state index in [4.69, 9.17) is 16.3 Å². The van der Waals surface area contributed by atoms with Crippen LogP contribution in [-0.2, 0) is 18.4 Å². The van der Waals surface area contributed by atoms with E-state index >= 15 is 0 Å². The van der Waals surface area contributed by atoms with E-state index in [9.17, 15) is 0 Å². The summed E-state index contributed by atoms with van der Waals surface area (Å²) in [6.07, 6.45) is 8.89. The normalized spacial score (nSPS) is 28.4. The van der Waals surface area contributed by atoms with Crippen LogP contribution in [0.2, 0.25) is 0 Å². The fourth-order valence-corrected chi connectivity index (χ4v) is 6.52. The first-order chi connectivity index (χ1) is 14.3. The Balaban J connectivity index is 1.45. The molecule has 154 valence electrons. The average molecular weight is 410 g/mol. The molecule has 0 amide bonds. The highest BCUT2D eigenvalue weighted by atomic mass is 35.5. The highest BCUT2D eigenvalue weighted by Crippen LogP contribution is 2.56. The maximum absolute atomic E-state index is 6.03. The summed E-state index contributed by atoms with van der Waals surface area (Å²) in [6, 6.07) is 18.6.